The Kier molecular flexibility index (Phi) is 2.68. The molecule has 0 aromatic rings. The number of carboxylic acids is 1. The molecule has 0 aromatic carbocycles. The van der Waals surface area contributed by atoms with Crippen LogP contribution >= 0.6 is 0 Å². The van der Waals surface area contributed by atoms with Crippen LogP contribution in [0.5, 0.6) is 0 Å². The van der Waals surface area contributed by atoms with E-state index >= 15 is 0 Å². The van der Waals surface area contributed by atoms with Crippen LogP contribution in [0, 0.1) is 5.92 Å². The third-order valence-corrected chi connectivity index (χ3v) is 2.21. The fourth-order valence-corrected chi connectivity index (χ4v) is 1.06. The van der Waals surface area contributed by atoms with Crippen LogP contribution in [0.4, 0.5) is 0 Å². The molecule has 2 N–H and O–H groups in total. The summed E-state index contributed by atoms with van der Waals surface area (Å²) in [6.07, 6.45) is 2.88. The predicted molar refractivity (Wildman–Crippen MR) is 42.6 cm³/mol. The highest BCUT2D eigenvalue weighted by Crippen LogP contribution is 2.26. The van der Waals surface area contributed by atoms with Gasteiger partial charge in [-0.25, -0.2) is 0 Å². The number of rotatable bonds is 3. The van der Waals surface area contributed by atoms with Crippen LogP contribution < -0.4 is 5.32 Å². The van der Waals surface area contributed by atoms with Crippen molar-refractivity contribution in [2.75, 3.05) is 0 Å². The van der Waals surface area contributed by atoms with E-state index in [0.717, 1.165) is 19.3 Å². The lowest BCUT2D eigenvalue weighted by Gasteiger charge is -2.25. The van der Waals surface area contributed by atoms with E-state index in [4.69, 9.17) is 5.11 Å². The van der Waals surface area contributed by atoms with E-state index < -0.39 is 12.0 Å². The number of carboxylic acid groups (broad SMARTS) is 1. The molecule has 1 aliphatic carbocycles. The molecule has 0 radical (unpaired) electrons. The molecule has 0 saturated heterocycles. The van der Waals surface area contributed by atoms with Crippen molar-refractivity contribution < 1.29 is 14.7 Å². The minimum atomic E-state index is -0.984. The molecule has 1 atom stereocenters. The van der Waals surface area contributed by atoms with Crippen molar-refractivity contribution in [1.82, 2.24) is 5.32 Å². The van der Waals surface area contributed by atoms with Crippen molar-refractivity contribution in [3.8, 4) is 0 Å². The molecule has 68 valence electrons. The molecule has 1 saturated carbocycles. The van der Waals surface area contributed by atoms with Crippen molar-refractivity contribution in [3.05, 3.63) is 0 Å². The third-order valence-electron chi connectivity index (χ3n) is 2.21. The van der Waals surface area contributed by atoms with E-state index in [2.05, 4.69) is 5.32 Å². The van der Waals surface area contributed by atoms with Gasteiger partial charge >= 0.3 is 5.97 Å². The van der Waals surface area contributed by atoms with Gasteiger partial charge in [-0.15, -0.1) is 0 Å². The number of nitrogens with one attached hydrogen (secondary N) is 1. The average Bonchev–Trinajstić information content (AvgIpc) is 1.82. The van der Waals surface area contributed by atoms with Gasteiger partial charge in [-0.1, -0.05) is 6.42 Å². The van der Waals surface area contributed by atoms with Crippen molar-refractivity contribution in [3.63, 3.8) is 0 Å². The van der Waals surface area contributed by atoms with Crippen molar-refractivity contribution in [1.29, 1.82) is 0 Å². The first-order chi connectivity index (χ1) is 5.61. The van der Waals surface area contributed by atoms with Crippen molar-refractivity contribution >= 4 is 11.9 Å². The molecule has 1 aliphatic rings. The zero-order chi connectivity index (χ0) is 9.14. The molecule has 4 nitrogen and oxygen atoms in total. The van der Waals surface area contributed by atoms with Gasteiger partial charge in [0.1, 0.15) is 6.04 Å². The summed E-state index contributed by atoms with van der Waals surface area (Å²) < 4.78 is 0. The summed E-state index contributed by atoms with van der Waals surface area (Å²) in [5.41, 5.74) is 0. The monoisotopic (exact) mass is 171 g/mol. The second-order valence-corrected chi connectivity index (χ2v) is 3.20. The van der Waals surface area contributed by atoms with E-state index in [0.29, 0.717) is 0 Å². The highest BCUT2D eigenvalue weighted by molar-refractivity contribution is 5.85. The van der Waals surface area contributed by atoms with Crippen LogP contribution in [0.15, 0.2) is 0 Å². The van der Waals surface area contributed by atoms with Crippen LogP contribution in [0.2, 0.25) is 0 Å². The largest absolute Gasteiger partial charge is 0.480 e. The van der Waals surface area contributed by atoms with Gasteiger partial charge in [-0.2, -0.15) is 0 Å². The molecule has 0 heterocycles. The van der Waals surface area contributed by atoms with Crippen LogP contribution in [0.25, 0.3) is 0 Å². The fraction of sp³-hybridized carbons (Fsp3) is 0.750. The molecule has 1 rings (SSSR count). The van der Waals surface area contributed by atoms with Crippen LogP contribution in [-0.4, -0.2) is 23.0 Å². The Balaban J connectivity index is 2.29. The number of amides is 1. The first-order valence-electron chi connectivity index (χ1n) is 4.14. The zero-order valence-electron chi connectivity index (χ0n) is 7.04. The molecular weight excluding hydrogens is 158 g/mol. The Morgan fingerprint density at radius 2 is 2.08 bits per heavy atom. The third kappa shape index (κ3) is 1.96. The Morgan fingerprint density at radius 1 is 1.50 bits per heavy atom. The Bertz CT molecular complexity index is 198. The lowest BCUT2D eigenvalue weighted by atomic mass is 9.84. The highest BCUT2D eigenvalue weighted by atomic mass is 16.4. The Labute approximate surface area is 71.0 Å². The first-order valence-corrected chi connectivity index (χ1v) is 4.14. The highest BCUT2D eigenvalue weighted by Gasteiger charge is 2.27. The van der Waals surface area contributed by atoms with Crippen LogP contribution in [0.3, 0.4) is 0 Å². The summed E-state index contributed by atoms with van der Waals surface area (Å²) >= 11 is 0. The van der Waals surface area contributed by atoms with Gasteiger partial charge in [0.2, 0.25) is 5.91 Å². The SMILES string of the molecule is C[C@@H](NC(=O)C1CCC1)C(=O)O. The summed E-state index contributed by atoms with van der Waals surface area (Å²) in [5.74, 6) is -1.04. The average molecular weight is 171 g/mol. The maximum absolute atomic E-state index is 11.2. The molecule has 1 amide bonds. The van der Waals surface area contributed by atoms with Gasteiger partial charge in [-0.3, -0.25) is 9.59 Å². The summed E-state index contributed by atoms with van der Waals surface area (Å²) in [6, 6.07) is -0.766. The fourth-order valence-electron chi connectivity index (χ4n) is 1.06. The van der Waals surface area contributed by atoms with Gasteiger partial charge in [0, 0.05) is 5.92 Å². The molecule has 0 aromatic heterocycles. The standard InChI is InChI=1S/C8H13NO3/c1-5(8(11)12)9-7(10)6-3-2-4-6/h5-6H,2-4H2,1H3,(H,9,10)(H,11,12)/t5-/m1/s1. The van der Waals surface area contributed by atoms with E-state index in [1.54, 1.807) is 0 Å². The number of carbonyl (C=O) groups is 2. The quantitative estimate of drug-likeness (QED) is 0.645. The van der Waals surface area contributed by atoms with Gasteiger partial charge in [0.15, 0.2) is 0 Å². The topological polar surface area (TPSA) is 66.4 Å². The molecule has 0 unspecified atom stereocenters. The summed E-state index contributed by atoms with van der Waals surface area (Å²) in [7, 11) is 0. The summed E-state index contributed by atoms with van der Waals surface area (Å²) in [5, 5.41) is 10.9. The summed E-state index contributed by atoms with van der Waals surface area (Å²) in [4.78, 5) is 21.5. The molecular formula is C8H13NO3. The predicted octanol–water partition coefficient (Wildman–Crippen LogP) is 0.376. The van der Waals surface area contributed by atoms with E-state index in [-0.39, 0.29) is 11.8 Å². The number of aliphatic carboxylic acids is 1. The summed E-state index contributed by atoms with van der Waals surface area (Å²) in [6.45, 7) is 1.47. The maximum Gasteiger partial charge on any atom is 0.325 e. The lowest BCUT2D eigenvalue weighted by Crippen LogP contribution is -2.43. The van der Waals surface area contributed by atoms with Gasteiger partial charge in [-0.05, 0) is 19.8 Å². The smallest absolute Gasteiger partial charge is 0.325 e. The molecule has 12 heavy (non-hydrogen) atoms. The second kappa shape index (κ2) is 3.56. The Morgan fingerprint density at radius 3 is 2.42 bits per heavy atom. The van der Waals surface area contributed by atoms with E-state index in [9.17, 15) is 9.59 Å². The molecule has 0 aliphatic heterocycles. The van der Waals surface area contributed by atoms with Crippen LogP contribution in [-0.2, 0) is 9.59 Å². The van der Waals surface area contributed by atoms with E-state index in [1.165, 1.54) is 6.92 Å². The second-order valence-electron chi connectivity index (χ2n) is 3.20. The number of hydrogen-bond acceptors (Lipinski definition) is 2. The van der Waals surface area contributed by atoms with E-state index in [1.807, 2.05) is 0 Å². The van der Waals surface area contributed by atoms with Crippen LogP contribution in [0.1, 0.15) is 26.2 Å². The van der Waals surface area contributed by atoms with Gasteiger partial charge in [0.05, 0.1) is 0 Å². The molecule has 0 spiro atoms. The minimum Gasteiger partial charge on any atom is -0.480 e. The first kappa shape index (κ1) is 9.03. The van der Waals surface area contributed by atoms with Gasteiger partial charge < -0.3 is 10.4 Å². The molecule has 0 bridgehead atoms. The zero-order valence-corrected chi connectivity index (χ0v) is 7.04. The van der Waals surface area contributed by atoms with Crippen molar-refractivity contribution in [2.24, 2.45) is 5.92 Å². The molecule has 1 fully saturated rings. The lowest BCUT2D eigenvalue weighted by molar-refractivity contribution is -0.142. The van der Waals surface area contributed by atoms with Gasteiger partial charge in [0.25, 0.3) is 0 Å². The molecule has 4 heteroatoms. The maximum atomic E-state index is 11.2. The number of hydrogen-bond donors (Lipinski definition) is 2. The number of carbonyl (C=O) groups excluding carboxylic acids is 1. The Hall–Kier alpha value is -1.06. The van der Waals surface area contributed by atoms with Crippen molar-refractivity contribution in [2.45, 2.75) is 32.2 Å². The normalized spacial score (nSPS) is 19.4. The minimum absolute atomic E-state index is 0.0619.